The Labute approximate surface area is 240 Å². The van der Waals surface area contributed by atoms with Crippen LogP contribution in [0.15, 0.2) is 113 Å². The van der Waals surface area contributed by atoms with Crippen molar-refractivity contribution in [2.24, 2.45) is 0 Å². The molecule has 1 atom stereocenters. The fourth-order valence-corrected chi connectivity index (χ4v) is 5.03. The predicted molar refractivity (Wildman–Crippen MR) is 162 cm³/mol. The number of carboxylic acids is 1. The summed E-state index contributed by atoms with van der Waals surface area (Å²) in [5, 5.41) is 12.0. The third kappa shape index (κ3) is 8.13. The molecule has 0 heterocycles. The number of carbonyl (C=O) groups is 2. The molecule has 0 fully saturated rings. The molecule has 0 aliphatic carbocycles. The highest BCUT2D eigenvalue weighted by Gasteiger charge is 2.24. The van der Waals surface area contributed by atoms with Crippen LogP contribution in [0.3, 0.4) is 0 Å². The van der Waals surface area contributed by atoms with E-state index >= 15 is 0 Å². The fourth-order valence-electron chi connectivity index (χ4n) is 4.21. The van der Waals surface area contributed by atoms with Gasteiger partial charge in [0.05, 0.1) is 19.1 Å². The molecular formula is C33H34N2O4S. The fraction of sp³-hybridized carbons (Fsp3) is 0.212. The van der Waals surface area contributed by atoms with Gasteiger partial charge in [0.15, 0.2) is 0 Å². The summed E-state index contributed by atoms with van der Waals surface area (Å²) < 4.78 is 5.81. The van der Waals surface area contributed by atoms with E-state index in [1.165, 1.54) is 0 Å². The molecule has 2 N–H and O–H groups in total. The highest BCUT2D eigenvalue weighted by molar-refractivity contribution is 7.99. The molecule has 0 radical (unpaired) electrons. The van der Waals surface area contributed by atoms with Gasteiger partial charge in [0.2, 0.25) is 0 Å². The zero-order valence-electron chi connectivity index (χ0n) is 22.7. The number of amides is 2. The van der Waals surface area contributed by atoms with E-state index < -0.39 is 5.97 Å². The Balaban J connectivity index is 1.47. The van der Waals surface area contributed by atoms with Crippen molar-refractivity contribution < 1.29 is 19.4 Å². The van der Waals surface area contributed by atoms with Crippen LogP contribution in [0.2, 0.25) is 0 Å². The Hall–Kier alpha value is -4.23. The molecule has 0 aromatic heterocycles. The molecule has 0 aliphatic rings. The van der Waals surface area contributed by atoms with Gasteiger partial charge in [-0.05, 0) is 85.1 Å². The third-order valence-corrected chi connectivity index (χ3v) is 7.41. The summed E-state index contributed by atoms with van der Waals surface area (Å²) in [4.78, 5) is 28.3. The van der Waals surface area contributed by atoms with Crippen molar-refractivity contribution in [1.29, 1.82) is 0 Å². The lowest BCUT2D eigenvalue weighted by atomic mass is 10.1. The van der Waals surface area contributed by atoms with Gasteiger partial charge in [-0.15, -0.1) is 0 Å². The Kier molecular flexibility index (Phi) is 10.2. The Bertz CT molecular complexity index is 1380. The van der Waals surface area contributed by atoms with Gasteiger partial charge in [0.25, 0.3) is 0 Å². The smallest absolute Gasteiger partial charge is 0.326 e. The first-order valence-corrected chi connectivity index (χ1v) is 14.2. The number of anilines is 2. The van der Waals surface area contributed by atoms with E-state index in [0.717, 1.165) is 45.2 Å². The Morgan fingerprint density at radius 3 is 2.10 bits per heavy atom. The van der Waals surface area contributed by atoms with Gasteiger partial charge in [0.1, 0.15) is 5.75 Å². The van der Waals surface area contributed by atoms with Crippen LogP contribution in [0, 0.1) is 0 Å². The zero-order valence-corrected chi connectivity index (χ0v) is 23.6. The molecule has 0 spiro atoms. The lowest BCUT2D eigenvalue weighted by Gasteiger charge is -2.30. The lowest BCUT2D eigenvalue weighted by molar-refractivity contribution is -0.136. The number of benzene rings is 4. The highest BCUT2D eigenvalue weighted by atomic mass is 32.2. The molecule has 40 heavy (non-hydrogen) atoms. The van der Waals surface area contributed by atoms with Crippen molar-refractivity contribution in [1.82, 2.24) is 0 Å². The lowest BCUT2D eigenvalue weighted by Crippen LogP contribution is -2.37. The molecule has 206 valence electrons. The molecular weight excluding hydrogens is 520 g/mol. The summed E-state index contributed by atoms with van der Waals surface area (Å²) in [6, 6.07) is 32.4. The number of unbranched alkanes of at least 4 members (excludes halogenated alkanes) is 1. The van der Waals surface area contributed by atoms with Crippen molar-refractivity contribution >= 4 is 35.1 Å². The molecule has 0 aliphatic heterocycles. The van der Waals surface area contributed by atoms with Gasteiger partial charge in [-0.3, -0.25) is 9.69 Å². The minimum Gasteiger partial charge on any atom is -0.494 e. The van der Waals surface area contributed by atoms with Crippen LogP contribution < -0.4 is 15.0 Å². The minimum absolute atomic E-state index is 0.0100. The topological polar surface area (TPSA) is 78.9 Å². The van der Waals surface area contributed by atoms with Gasteiger partial charge in [-0.25, -0.2) is 4.79 Å². The molecule has 4 rings (SSSR count). The third-order valence-electron chi connectivity index (χ3n) is 6.39. The Morgan fingerprint density at radius 2 is 1.50 bits per heavy atom. The summed E-state index contributed by atoms with van der Waals surface area (Å²) in [7, 11) is 0. The van der Waals surface area contributed by atoms with E-state index in [4.69, 9.17) is 9.84 Å². The van der Waals surface area contributed by atoms with Crippen LogP contribution >= 0.6 is 11.8 Å². The number of hydrogen-bond acceptors (Lipinski definition) is 4. The molecule has 7 heteroatoms. The van der Waals surface area contributed by atoms with Gasteiger partial charge in [0, 0.05) is 21.2 Å². The molecule has 6 nitrogen and oxygen atoms in total. The second kappa shape index (κ2) is 14.2. The minimum atomic E-state index is -0.844. The maximum atomic E-state index is 13.6. The Morgan fingerprint density at radius 1 is 0.875 bits per heavy atom. The van der Waals surface area contributed by atoms with E-state index in [-0.39, 0.29) is 18.5 Å². The number of rotatable bonds is 12. The first-order chi connectivity index (χ1) is 19.4. The molecule has 0 saturated carbocycles. The van der Waals surface area contributed by atoms with Crippen LogP contribution in [-0.4, -0.2) is 23.7 Å². The number of carbonyl (C=O) groups excluding carboxylic acids is 1. The number of ether oxygens (including phenoxy) is 1. The SMILES string of the molecule is CCCCOc1ccc(N(C(=O)Nc2ccc(Sc3ccc(CC(=O)O)cc3)cc2)C(C)c2ccccc2)cc1. The van der Waals surface area contributed by atoms with Gasteiger partial charge in [-0.1, -0.05) is 67.6 Å². The number of nitrogens with one attached hydrogen (secondary N) is 1. The average Bonchev–Trinajstić information content (AvgIpc) is 2.96. The van der Waals surface area contributed by atoms with Crippen molar-refractivity contribution in [3.8, 4) is 5.75 Å². The predicted octanol–water partition coefficient (Wildman–Crippen LogP) is 8.44. The standard InChI is InChI=1S/C33H34N2O4S/c1-3-4-22-39-29-16-14-28(15-17-29)35(24(2)26-8-6-5-7-9-26)33(38)34-27-12-20-31(21-13-27)40-30-18-10-25(11-19-30)23-32(36)37/h5-21,24H,3-4,22-23H2,1-2H3,(H,34,38)(H,36,37). The molecule has 1 unspecified atom stereocenters. The average molecular weight is 555 g/mol. The number of aliphatic carboxylic acids is 1. The van der Waals surface area contributed by atoms with Gasteiger partial charge in [-0.2, -0.15) is 0 Å². The van der Waals surface area contributed by atoms with Crippen LogP contribution in [0.4, 0.5) is 16.2 Å². The van der Waals surface area contributed by atoms with E-state index in [1.54, 1.807) is 16.7 Å². The highest BCUT2D eigenvalue weighted by Crippen LogP contribution is 2.31. The number of urea groups is 1. The largest absolute Gasteiger partial charge is 0.494 e. The van der Waals surface area contributed by atoms with Crippen molar-refractivity contribution in [2.75, 3.05) is 16.8 Å². The quantitative estimate of drug-likeness (QED) is 0.172. The summed E-state index contributed by atoms with van der Waals surface area (Å²) in [6.45, 7) is 4.82. The van der Waals surface area contributed by atoms with Gasteiger partial charge < -0.3 is 15.2 Å². The van der Waals surface area contributed by atoms with Crippen LogP contribution in [-0.2, 0) is 11.2 Å². The molecule has 4 aromatic rings. The molecule has 0 bridgehead atoms. The summed E-state index contributed by atoms with van der Waals surface area (Å²) in [5.74, 6) is -0.0576. The first kappa shape index (κ1) is 28.8. The van der Waals surface area contributed by atoms with Gasteiger partial charge >= 0.3 is 12.0 Å². The number of carboxylic acid groups (broad SMARTS) is 1. The van der Waals surface area contributed by atoms with Crippen molar-refractivity contribution in [2.45, 2.75) is 48.9 Å². The van der Waals surface area contributed by atoms with E-state index in [1.807, 2.05) is 110 Å². The first-order valence-electron chi connectivity index (χ1n) is 13.4. The molecule has 0 saturated heterocycles. The maximum absolute atomic E-state index is 13.6. The second-order valence-electron chi connectivity index (χ2n) is 9.42. The van der Waals surface area contributed by atoms with E-state index in [2.05, 4.69) is 12.2 Å². The summed E-state index contributed by atoms with van der Waals surface area (Å²) in [6.07, 6.45) is 2.08. The monoisotopic (exact) mass is 554 g/mol. The number of nitrogens with zero attached hydrogens (tertiary/aromatic N) is 1. The van der Waals surface area contributed by atoms with Crippen LogP contribution in [0.25, 0.3) is 0 Å². The van der Waals surface area contributed by atoms with Crippen molar-refractivity contribution in [3.05, 3.63) is 114 Å². The molecule has 2 amide bonds. The molecule has 4 aromatic carbocycles. The van der Waals surface area contributed by atoms with Crippen LogP contribution in [0.1, 0.15) is 43.9 Å². The van der Waals surface area contributed by atoms with E-state index in [9.17, 15) is 9.59 Å². The van der Waals surface area contributed by atoms with Crippen molar-refractivity contribution in [3.63, 3.8) is 0 Å². The maximum Gasteiger partial charge on any atom is 0.326 e. The zero-order chi connectivity index (χ0) is 28.3. The second-order valence-corrected chi connectivity index (χ2v) is 10.6. The normalized spacial score (nSPS) is 11.4. The summed E-state index contributed by atoms with van der Waals surface area (Å²) in [5.41, 5.74) is 3.26. The van der Waals surface area contributed by atoms with E-state index in [0.29, 0.717) is 12.3 Å². The van der Waals surface area contributed by atoms with Crippen LogP contribution in [0.5, 0.6) is 5.75 Å². The number of hydrogen-bond donors (Lipinski definition) is 2. The summed E-state index contributed by atoms with van der Waals surface area (Å²) >= 11 is 1.57.